The predicted molar refractivity (Wildman–Crippen MR) is 77.8 cm³/mol. The lowest BCUT2D eigenvalue weighted by molar-refractivity contribution is 0.0242. The Labute approximate surface area is 121 Å². The van der Waals surface area contributed by atoms with Gasteiger partial charge in [-0.1, -0.05) is 20.3 Å². The van der Waals surface area contributed by atoms with E-state index in [1.807, 2.05) is 10.9 Å². The highest BCUT2D eigenvalue weighted by Crippen LogP contribution is 2.47. The third-order valence-corrected chi connectivity index (χ3v) is 4.74. The molecular weight excluding hydrogens is 250 g/mol. The van der Waals surface area contributed by atoms with Gasteiger partial charge in [0.2, 0.25) is 0 Å². The van der Waals surface area contributed by atoms with Crippen LogP contribution in [0, 0.1) is 22.7 Å². The number of nitrogens with zero attached hydrogens (tertiary/aromatic N) is 3. The average molecular weight is 275 g/mol. The lowest BCUT2D eigenvalue weighted by Crippen LogP contribution is -2.32. The highest BCUT2D eigenvalue weighted by molar-refractivity contribution is 5.18. The summed E-state index contributed by atoms with van der Waals surface area (Å²) < 4.78 is 1.85. The van der Waals surface area contributed by atoms with Crippen LogP contribution in [-0.2, 0) is 6.54 Å². The molecule has 0 spiro atoms. The summed E-state index contributed by atoms with van der Waals surface area (Å²) in [4.78, 5) is 0. The minimum absolute atomic E-state index is 0.619. The van der Waals surface area contributed by atoms with Gasteiger partial charge in [0.15, 0.2) is 0 Å². The van der Waals surface area contributed by atoms with Crippen molar-refractivity contribution < 1.29 is 5.11 Å². The molecule has 0 radical (unpaired) electrons. The molecule has 1 aromatic rings. The molecule has 20 heavy (non-hydrogen) atoms. The number of aliphatic hydroxyl groups excluding tert-OH is 1. The smallest absolute Gasteiger partial charge is 0.101 e. The van der Waals surface area contributed by atoms with E-state index in [-0.39, 0.29) is 0 Å². The van der Waals surface area contributed by atoms with E-state index in [4.69, 9.17) is 0 Å². The molecule has 0 amide bonds. The molecule has 1 fully saturated rings. The van der Waals surface area contributed by atoms with Gasteiger partial charge in [-0.25, -0.2) is 0 Å². The second-order valence-corrected chi connectivity index (χ2v) is 6.06. The van der Waals surface area contributed by atoms with Crippen LogP contribution < -0.4 is 0 Å². The van der Waals surface area contributed by atoms with Gasteiger partial charge in [0.05, 0.1) is 17.7 Å². The fraction of sp³-hybridized carbons (Fsp3) is 0.750. The van der Waals surface area contributed by atoms with Gasteiger partial charge < -0.3 is 5.11 Å². The van der Waals surface area contributed by atoms with Crippen molar-refractivity contribution in [3.8, 4) is 6.07 Å². The van der Waals surface area contributed by atoms with Crippen LogP contribution in [-0.4, -0.2) is 14.9 Å². The first-order chi connectivity index (χ1) is 9.65. The maximum Gasteiger partial charge on any atom is 0.101 e. The van der Waals surface area contributed by atoms with Crippen LogP contribution in [0.3, 0.4) is 0 Å². The van der Waals surface area contributed by atoms with Crippen molar-refractivity contribution in [2.75, 3.05) is 0 Å². The van der Waals surface area contributed by atoms with Gasteiger partial charge in [-0.15, -0.1) is 0 Å². The minimum Gasteiger partial charge on any atom is -0.387 e. The second kappa shape index (κ2) is 6.41. The topological polar surface area (TPSA) is 61.8 Å². The molecule has 110 valence electrons. The quantitative estimate of drug-likeness (QED) is 0.895. The minimum atomic E-state index is -0.712. The monoisotopic (exact) mass is 275 g/mol. The number of hydrogen-bond acceptors (Lipinski definition) is 3. The van der Waals surface area contributed by atoms with Gasteiger partial charge in [-0.05, 0) is 38.0 Å². The van der Waals surface area contributed by atoms with Gasteiger partial charge in [0.1, 0.15) is 6.10 Å². The van der Waals surface area contributed by atoms with Gasteiger partial charge >= 0.3 is 0 Å². The zero-order valence-corrected chi connectivity index (χ0v) is 12.5. The van der Waals surface area contributed by atoms with Crippen molar-refractivity contribution in [1.29, 1.82) is 5.26 Å². The molecule has 0 aliphatic heterocycles. The first kappa shape index (κ1) is 15.1. The molecule has 4 nitrogen and oxygen atoms in total. The van der Waals surface area contributed by atoms with Crippen LogP contribution in [0.25, 0.3) is 0 Å². The Balaban J connectivity index is 2.12. The molecule has 1 aliphatic rings. The highest BCUT2D eigenvalue weighted by atomic mass is 16.3. The van der Waals surface area contributed by atoms with E-state index in [1.54, 1.807) is 6.20 Å². The first-order valence-corrected chi connectivity index (χ1v) is 7.77. The van der Waals surface area contributed by atoms with Gasteiger partial charge in [-0.2, -0.15) is 10.4 Å². The van der Waals surface area contributed by atoms with Crippen LogP contribution in [0.5, 0.6) is 0 Å². The second-order valence-electron chi connectivity index (χ2n) is 6.06. The lowest BCUT2D eigenvalue weighted by atomic mass is 9.66. The molecule has 0 saturated heterocycles. The molecule has 0 bridgehead atoms. The van der Waals surface area contributed by atoms with Crippen molar-refractivity contribution in [3.05, 3.63) is 18.0 Å². The summed E-state index contributed by atoms with van der Waals surface area (Å²) in [5.74, 6) is 0.714. The fourth-order valence-electron chi connectivity index (χ4n) is 3.24. The van der Waals surface area contributed by atoms with Crippen LogP contribution in [0.4, 0.5) is 0 Å². The Morgan fingerprint density at radius 1 is 1.50 bits per heavy atom. The lowest BCUT2D eigenvalue weighted by Gasteiger charge is -2.37. The van der Waals surface area contributed by atoms with Crippen molar-refractivity contribution in [3.63, 3.8) is 0 Å². The maximum absolute atomic E-state index is 10.7. The Hall–Kier alpha value is -1.34. The number of aryl methyl sites for hydroxylation is 1. The molecular formula is C16H25N3O. The SMILES string of the molecule is CCCn1cc(C(O)C2(C#N)CCC(CC)CC2)cn1. The number of aromatic nitrogens is 2. The highest BCUT2D eigenvalue weighted by Gasteiger charge is 2.42. The number of nitriles is 1. The summed E-state index contributed by atoms with van der Waals surface area (Å²) in [5, 5.41) is 24.5. The molecule has 4 heteroatoms. The zero-order chi connectivity index (χ0) is 14.6. The first-order valence-electron chi connectivity index (χ1n) is 7.77. The maximum atomic E-state index is 10.7. The molecule has 2 rings (SSSR count). The van der Waals surface area contributed by atoms with Crippen molar-refractivity contribution in [1.82, 2.24) is 9.78 Å². The molecule has 1 atom stereocenters. The van der Waals surface area contributed by atoms with E-state index in [0.717, 1.165) is 44.2 Å². The van der Waals surface area contributed by atoms with E-state index in [1.165, 1.54) is 6.42 Å². The number of aliphatic hydroxyl groups is 1. The Kier molecular flexibility index (Phi) is 4.82. The van der Waals surface area contributed by atoms with Crippen molar-refractivity contribution in [2.45, 2.75) is 65.0 Å². The Morgan fingerprint density at radius 2 is 2.20 bits per heavy atom. The van der Waals surface area contributed by atoms with E-state index in [0.29, 0.717) is 5.92 Å². The van der Waals surface area contributed by atoms with Gasteiger partial charge in [0.25, 0.3) is 0 Å². The third-order valence-electron chi connectivity index (χ3n) is 4.74. The third kappa shape index (κ3) is 2.88. The van der Waals surface area contributed by atoms with E-state index < -0.39 is 11.5 Å². The standard InChI is InChI=1S/C16H25N3O/c1-3-9-19-11-14(10-18-19)15(20)16(12-17)7-5-13(4-2)6-8-16/h10-11,13,15,20H,3-9H2,1-2H3. The van der Waals surface area contributed by atoms with Crippen LogP contribution in [0.1, 0.15) is 64.0 Å². The Bertz CT molecular complexity index is 466. The van der Waals surface area contributed by atoms with Crippen LogP contribution in [0.2, 0.25) is 0 Å². The Morgan fingerprint density at radius 3 is 2.75 bits per heavy atom. The van der Waals surface area contributed by atoms with Crippen LogP contribution in [0.15, 0.2) is 12.4 Å². The predicted octanol–water partition coefficient (Wildman–Crippen LogP) is 3.44. The summed E-state index contributed by atoms with van der Waals surface area (Å²) in [7, 11) is 0. The molecule has 1 aromatic heterocycles. The van der Waals surface area contributed by atoms with Gasteiger partial charge in [0, 0.05) is 18.3 Å². The summed E-state index contributed by atoms with van der Waals surface area (Å²) >= 11 is 0. The normalized spacial score (nSPS) is 28.0. The van der Waals surface area contributed by atoms with Crippen LogP contribution >= 0.6 is 0 Å². The van der Waals surface area contributed by atoms with E-state index in [9.17, 15) is 10.4 Å². The van der Waals surface area contributed by atoms with Crippen molar-refractivity contribution in [2.24, 2.45) is 11.3 Å². The summed E-state index contributed by atoms with van der Waals surface area (Å²) in [6.45, 7) is 5.15. The van der Waals surface area contributed by atoms with Crippen molar-refractivity contribution >= 4 is 0 Å². The molecule has 1 aliphatic carbocycles. The summed E-state index contributed by atoms with van der Waals surface area (Å²) in [5.41, 5.74) is 0.168. The zero-order valence-electron chi connectivity index (χ0n) is 12.5. The largest absolute Gasteiger partial charge is 0.387 e. The van der Waals surface area contributed by atoms with Gasteiger partial charge in [-0.3, -0.25) is 4.68 Å². The molecule has 0 aromatic carbocycles. The number of hydrogen-bond donors (Lipinski definition) is 1. The molecule has 1 N–H and O–H groups in total. The summed E-state index contributed by atoms with van der Waals surface area (Å²) in [6.07, 6.45) is 8.75. The molecule has 1 unspecified atom stereocenters. The molecule has 1 saturated carbocycles. The summed E-state index contributed by atoms with van der Waals surface area (Å²) in [6, 6.07) is 2.41. The number of rotatable bonds is 5. The average Bonchev–Trinajstić information content (AvgIpc) is 2.95. The molecule has 1 heterocycles. The van der Waals surface area contributed by atoms with E-state index >= 15 is 0 Å². The van der Waals surface area contributed by atoms with E-state index in [2.05, 4.69) is 25.0 Å². The fourth-order valence-corrected chi connectivity index (χ4v) is 3.24.